The number of hydrogen-bond acceptors (Lipinski definition) is 6. The first-order chi connectivity index (χ1) is 9.15. The number of anilines is 1. The van der Waals surface area contributed by atoms with Crippen molar-refractivity contribution in [2.24, 2.45) is 0 Å². The standard InChI is InChI=1S/C12H14N4OS2/c1-7-11-8(3-5-18-11)2-4-16(7)10(17)6-9-14-15-12(13)19-9/h3,5,7H,2,4,6H2,1H3,(H2,13,15). The summed E-state index contributed by atoms with van der Waals surface area (Å²) in [7, 11) is 0. The molecule has 0 bridgehead atoms. The molecule has 100 valence electrons. The quantitative estimate of drug-likeness (QED) is 0.918. The third-order valence-electron chi connectivity index (χ3n) is 3.35. The fourth-order valence-corrected chi connectivity index (χ4v) is 4.03. The van der Waals surface area contributed by atoms with Crippen LogP contribution in [0, 0.1) is 0 Å². The lowest BCUT2D eigenvalue weighted by Crippen LogP contribution is -2.39. The highest BCUT2D eigenvalue weighted by Crippen LogP contribution is 2.33. The highest BCUT2D eigenvalue weighted by atomic mass is 32.1. The highest BCUT2D eigenvalue weighted by molar-refractivity contribution is 7.15. The van der Waals surface area contributed by atoms with Gasteiger partial charge in [0.2, 0.25) is 11.0 Å². The van der Waals surface area contributed by atoms with E-state index >= 15 is 0 Å². The summed E-state index contributed by atoms with van der Waals surface area (Å²) < 4.78 is 0. The van der Waals surface area contributed by atoms with Gasteiger partial charge in [-0.15, -0.1) is 21.5 Å². The van der Waals surface area contributed by atoms with E-state index in [-0.39, 0.29) is 11.9 Å². The van der Waals surface area contributed by atoms with Crippen LogP contribution in [0.15, 0.2) is 11.4 Å². The van der Waals surface area contributed by atoms with E-state index in [0.717, 1.165) is 13.0 Å². The summed E-state index contributed by atoms with van der Waals surface area (Å²) in [5, 5.41) is 10.8. The van der Waals surface area contributed by atoms with Gasteiger partial charge < -0.3 is 10.6 Å². The lowest BCUT2D eigenvalue weighted by molar-refractivity contribution is -0.132. The van der Waals surface area contributed by atoms with Crippen molar-refractivity contribution >= 4 is 33.7 Å². The van der Waals surface area contributed by atoms with Crippen molar-refractivity contribution in [2.45, 2.75) is 25.8 Å². The van der Waals surface area contributed by atoms with Crippen molar-refractivity contribution in [3.8, 4) is 0 Å². The number of fused-ring (bicyclic) bond motifs is 1. The Morgan fingerprint density at radius 1 is 1.58 bits per heavy atom. The lowest BCUT2D eigenvalue weighted by Gasteiger charge is -2.33. The maximum atomic E-state index is 12.3. The van der Waals surface area contributed by atoms with Crippen molar-refractivity contribution in [1.29, 1.82) is 0 Å². The average molecular weight is 294 g/mol. The van der Waals surface area contributed by atoms with Crippen molar-refractivity contribution in [1.82, 2.24) is 15.1 Å². The molecule has 1 unspecified atom stereocenters. The van der Waals surface area contributed by atoms with Gasteiger partial charge in [-0.3, -0.25) is 4.79 Å². The number of nitrogen functional groups attached to an aromatic ring is 1. The Bertz CT molecular complexity index is 606. The molecule has 0 fully saturated rings. The minimum atomic E-state index is 0.0997. The normalized spacial score (nSPS) is 18.4. The van der Waals surface area contributed by atoms with E-state index in [1.807, 2.05) is 4.90 Å². The molecule has 0 aromatic carbocycles. The third kappa shape index (κ3) is 2.35. The van der Waals surface area contributed by atoms with E-state index in [2.05, 4.69) is 28.6 Å². The summed E-state index contributed by atoms with van der Waals surface area (Å²) in [6, 6.07) is 2.31. The molecule has 3 heterocycles. The maximum Gasteiger partial charge on any atom is 0.230 e. The zero-order valence-electron chi connectivity index (χ0n) is 10.5. The van der Waals surface area contributed by atoms with Gasteiger partial charge in [0.05, 0.1) is 12.5 Å². The van der Waals surface area contributed by atoms with Crippen LogP contribution in [0.4, 0.5) is 5.13 Å². The third-order valence-corrected chi connectivity index (χ3v) is 5.24. The number of thiophene rings is 1. The Kier molecular flexibility index (Phi) is 3.24. The smallest absolute Gasteiger partial charge is 0.230 e. The first-order valence-electron chi connectivity index (χ1n) is 6.08. The fraction of sp³-hybridized carbons (Fsp3) is 0.417. The van der Waals surface area contributed by atoms with Gasteiger partial charge in [0.15, 0.2) is 0 Å². The van der Waals surface area contributed by atoms with E-state index in [1.54, 1.807) is 11.3 Å². The number of hydrogen-bond donors (Lipinski definition) is 1. The largest absolute Gasteiger partial charge is 0.374 e. The minimum Gasteiger partial charge on any atom is -0.374 e. The van der Waals surface area contributed by atoms with Crippen LogP contribution < -0.4 is 5.73 Å². The molecular formula is C12H14N4OS2. The monoisotopic (exact) mass is 294 g/mol. The molecule has 1 aliphatic rings. The molecule has 1 amide bonds. The Labute approximate surface area is 119 Å². The van der Waals surface area contributed by atoms with E-state index < -0.39 is 0 Å². The molecule has 0 spiro atoms. The van der Waals surface area contributed by atoms with Crippen LogP contribution in [0.2, 0.25) is 0 Å². The van der Waals surface area contributed by atoms with Crippen LogP contribution in [0.5, 0.6) is 0 Å². The van der Waals surface area contributed by atoms with Crippen LogP contribution in [0.1, 0.15) is 28.4 Å². The number of amides is 1. The number of aromatic nitrogens is 2. The fourth-order valence-electron chi connectivity index (χ4n) is 2.41. The number of nitrogens with two attached hydrogens (primary N) is 1. The Morgan fingerprint density at radius 2 is 2.42 bits per heavy atom. The number of nitrogens with zero attached hydrogens (tertiary/aromatic N) is 3. The van der Waals surface area contributed by atoms with Crippen LogP contribution in [0.25, 0.3) is 0 Å². The van der Waals surface area contributed by atoms with Crippen molar-refractivity contribution in [2.75, 3.05) is 12.3 Å². The van der Waals surface area contributed by atoms with E-state index in [0.29, 0.717) is 16.6 Å². The SMILES string of the molecule is CC1c2sccc2CCN1C(=O)Cc1nnc(N)s1. The lowest BCUT2D eigenvalue weighted by atomic mass is 10.0. The molecule has 1 atom stereocenters. The second kappa shape index (κ2) is 4.90. The number of carbonyl (C=O) groups excluding carboxylic acids is 1. The van der Waals surface area contributed by atoms with E-state index in [4.69, 9.17) is 5.73 Å². The molecule has 3 rings (SSSR count). The summed E-state index contributed by atoms with van der Waals surface area (Å²) >= 11 is 3.01. The average Bonchev–Trinajstić information content (AvgIpc) is 2.99. The molecule has 2 N–H and O–H groups in total. The Hall–Kier alpha value is -1.47. The molecule has 0 saturated carbocycles. The number of carbonyl (C=O) groups is 1. The van der Waals surface area contributed by atoms with Gasteiger partial charge in [-0.05, 0) is 30.4 Å². The topological polar surface area (TPSA) is 72.1 Å². The summed E-state index contributed by atoms with van der Waals surface area (Å²) in [4.78, 5) is 15.6. The summed E-state index contributed by atoms with van der Waals surface area (Å²) in [5.74, 6) is 0.0997. The predicted octanol–water partition coefficient (Wildman–Crippen LogP) is 1.87. The van der Waals surface area contributed by atoms with Gasteiger partial charge in [0.1, 0.15) is 5.01 Å². The first-order valence-corrected chi connectivity index (χ1v) is 7.78. The molecule has 0 aliphatic carbocycles. The molecule has 2 aromatic rings. The van der Waals surface area contributed by atoms with Crippen LogP contribution in [-0.4, -0.2) is 27.5 Å². The minimum absolute atomic E-state index is 0.0997. The Balaban J connectivity index is 1.74. The second-order valence-electron chi connectivity index (χ2n) is 4.53. The van der Waals surface area contributed by atoms with Crippen LogP contribution in [-0.2, 0) is 17.6 Å². The van der Waals surface area contributed by atoms with Gasteiger partial charge in [0.25, 0.3) is 0 Å². The molecule has 19 heavy (non-hydrogen) atoms. The van der Waals surface area contributed by atoms with Crippen molar-refractivity contribution in [3.05, 3.63) is 26.9 Å². The zero-order valence-corrected chi connectivity index (χ0v) is 12.1. The van der Waals surface area contributed by atoms with Crippen LogP contribution >= 0.6 is 22.7 Å². The van der Waals surface area contributed by atoms with E-state index in [9.17, 15) is 4.79 Å². The van der Waals surface area contributed by atoms with Gasteiger partial charge in [-0.1, -0.05) is 11.3 Å². The Morgan fingerprint density at radius 3 is 3.16 bits per heavy atom. The van der Waals surface area contributed by atoms with Gasteiger partial charge in [-0.25, -0.2) is 0 Å². The van der Waals surface area contributed by atoms with E-state index in [1.165, 1.54) is 21.8 Å². The van der Waals surface area contributed by atoms with Crippen molar-refractivity contribution in [3.63, 3.8) is 0 Å². The molecule has 7 heteroatoms. The summed E-state index contributed by atoms with van der Waals surface area (Å²) in [6.07, 6.45) is 1.23. The molecule has 5 nitrogen and oxygen atoms in total. The summed E-state index contributed by atoms with van der Waals surface area (Å²) in [6.45, 7) is 2.86. The molecule has 1 aliphatic heterocycles. The first kappa shape index (κ1) is 12.6. The second-order valence-corrected chi connectivity index (χ2v) is 6.58. The van der Waals surface area contributed by atoms with Gasteiger partial charge >= 0.3 is 0 Å². The molecular weight excluding hydrogens is 280 g/mol. The summed E-state index contributed by atoms with van der Waals surface area (Å²) in [5.41, 5.74) is 6.91. The van der Waals surface area contributed by atoms with Crippen LogP contribution in [0.3, 0.4) is 0 Å². The molecule has 0 radical (unpaired) electrons. The van der Waals surface area contributed by atoms with Gasteiger partial charge in [0, 0.05) is 11.4 Å². The van der Waals surface area contributed by atoms with Gasteiger partial charge in [-0.2, -0.15) is 0 Å². The molecule has 2 aromatic heterocycles. The maximum absolute atomic E-state index is 12.3. The highest BCUT2D eigenvalue weighted by Gasteiger charge is 2.28. The van der Waals surface area contributed by atoms with Crippen molar-refractivity contribution < 1.29 is 4.79 Å². The zero-order chi connectivity index (χ0) is 13.4. The predicted molar refractivity (Wildman–Crippen MR) is 76.2 cm³/mol. The number of rotatable bonds is 2. The molecule has 0 saturated heterocycles.